The van der Waals surface area contributed by atoms with E-state index in [9.17, 15) is 14.4 Å². The number of nitrogens with two attached hydrogens (primary N) is 1. The van der Waals surface area contributed by atoms with Crippen molar-refractivity contribution in [3.05, 3.63) is 23.8 Å². The van der Waals surface area contributed by atoms with Crippen LogP contribution in [0.25, 0.3) is 0 Å². The number of carbonyl (C=O) groups excluding carboxylic acids is 1. The molecule has 0 spiro atoms. The van der Waals surface area contributed by atoms with Crippen molar-refractivity contribution in [2.75, 3.05) is 19.6 Å². The van der Waals surface area contributed by atoms with E-state index in [1.807, 2.05) is 0 Å². The van der Waals surface area contributed by atoms with Crippen LogP contribution in [0.4, 0.5) is 0 Å². The van der Waals surface area contributed by atoms with Gasteiger partial charge in [0.1, 0.15) is 12.2 Å². The van der Waals surface area contributed by atoms with Crippen molar-refractivity contribution >= 4 is 17.9 Å². The van der Waals surface area contributed by atoms with E-state index in [4.69, 9.17) is 25.4 Å². The number of aliphatic carboxylic acids is 2. The van der Waals surface area contributed by atoms with Crippen molar-refractivity contribution in [2.45, 2.75) is 57.3 Å². The average molecular weight is 424 g/mol. The lowest BCUT2D eigenvalue weighted by atomic mass is 9.80. The first-order chi connectivity index (χ1) is 14.2. The Morgan fingerprint density at radius 1 is 1.33 bits per heavy atom. The van der Waals surface area contributed by atoms with Crippen LogP contribution >= 0.6 is 0 Å². The summed E-state index contributed by atoms with van der Waals surface area (Å²) in [5.41, 5.74) is 6.82. The Morgan fingerprint density at radius 2 is 2.00 bits per heavy atom. The standard InChI is InChI=1S/C17H28N2O3.C4H4O4/c1-11-4-3-7-17(2)15(22-17)14-12(6-5-11)13(16(20)21-14)10-19-9-8-18;5-3(6)1-2-4(7)8/h4,12-15,19H,3,5-10,18H2,1-2H3;1-2H,(H,5,6)(H,7,8)/b;2-1+/t12-,13-,14-,15-,17+;/m0./s1. The zero-order chi connectivity index (χ0) is 22.3. The van der Waals surface area contributed by atoms with Crippen molar-refractivity contribution in [3.8, 4) is 0 Å². The van der Waals surface area contributed by atoms with Gasteiger partial charge in [-0.05, 0) is 39.5 Å². The Bertz CT molecular complexity index is 689. The van der Waals surface area contributed by atoms with Gasteiger partial charge in [-0.25, -0.2) is 9.59 Å². The summed E-state index contributed by atoms with van der Waals surface area (Å²) >= 11 is 0. The van der Waals surface area contributed by atoms with Crippen LogP contribution in [-0.2, 0) is 23.9 Å². The van der Waals surface area contributed by atoms with Crippen molar-refractivity contribution in [2.24, 2.45) is 17.6 Å². The van der Waals surface area contributed by atoms with Gasteiger partial charge in [0.15, 0.2) is 0 Å². The molecular weight excluding hydrogens is 392 g/mol. The summed E-state index contributed by atoms with van der Waals surface area (Å²) in [6, 6.07) is 0. The lowest BCUT2D eigenvalue weighted by molar-refractivity contribution is -0.144. The third-order valence-corrected chi connectivity index (χ3v) is 5.79. The molecule has 5 N–H and O–H groups in total. The SMILES string of the molecule is CC1=CCC[C@@]2(C)O[C@H]2[C@H]2OC(=O)[C@@H](CNCCN)[C@@H]2CC1.O=C(O)/C=C/C(=O)O. The maximum atomic E-state index is 12.3. The topological polar surface area (TPSA) is 151 Å². The number of nitrogens with one attached hydrogen (secondary N) is 1. The van der Waals surface area contributed by atoms with Crippen molar-refractivity contribution < 1.29 is 34.1 Å². The van der Waals surface area contributed by atoms with Gasteiger partial charge < -0.3 is 30.7 Å². The Hall–Kier alpha value is -2.23. The highest BCUT2D eigenvalue weighted by molar-refractivity contribution is 5.89. The van der Waals surface area contributed by atoms with Crippen LogP contribution in [0.1, 0.15) is 39.5 Å². The molecule has 3 aliphatic rings. The molecule has 9 nitrogen and oxygen atoms in total. The quantitative estimate of drug-likeness (QED) is 0.161. The summed E-state index contributed by atoms with van der Waals surface area (Å²) in [6.07, 6.45) is 7.52. The number of rotatable bonds is 6. The molecule has 0 aromatic rings. The molecule has 9 heteroatoms. The Labute approximate surface area is 176 Å². The van der Waals surface area contributed by atoms with Crippen molar-refractivity contribution in [3.63, 3.8) is 0 Å². The molecule has 2 aliphatic heterocycles. The fraction of sp³-hybridized carbons (Fsp3) is 0.667. The van der Waals surface area contributed by atoms with Crippen LogP contribution in [0.5, 0.6) is 0 Å². The van der Waals surface area contributed by atoms with Crippen molar-refractivity contribution in [1.29, 1.82) is 0 Å². The fourth-order valence-corrected chi connectivity index (χ4v) is 4.07. The van der Waals surface area contributed by atoms with Crippen LogP contribution < -0.4 is 11.1 Å². The van der Waals surface area contributed by atoms with Crippen LogP contribution in [0, 0.1) is 11.8 Å². The van der Waals surface area contributed by atoms with Crippen LogP contribution in [0.15, 0.2) is 23.8 Å². The van der Waals surface area contributed by atoms with Crippen LogP contribution in [0.3, 0.4) is 0 Å². The van der Waals surface area contributed by atoms with E-state index in [0.717, 1.165) is 32.2 Å². The number of hydrogen-bond donors (Lipinski definition) is 4. The first-order valence-corrected chi connectivity index (χ1v) is 10.3. The molecule has 0 aromatic heterocycles. The van der Waals surface area contributed by atoms with Gasteiger partial charge in [0.2, 0.25) is 0 Å². The number of allylic oxidation sites excluding steroid dienone is 2. The number of epoxide rings is 1. The average Bonchev–Trinajstić information content (AvgIpc) is 3.24. The first-order valence-electron chi connectivity index (χ1n) is 10.3. The molecule has 3 rings (SSSR count). The molecule has 0 bridgehead atoms. The predicted octanol–water partition coefficient (Wildman–Crippen LogP) is 1.08. The van der Waals surface area contributed by atoms with Gasteiger partial charge in [0.05, 0.1) is 11.5 Å². The Kier molecular flexibility index (Phi) is 8.57. The number of carboxylic acids is 2. The summed E-state index contributed by atoms with van der Waals surface area (Å²) in [5.74, 6) is -2.42. The second-order valence-electron chi connectivity index (χ2n) is 8.15. The van der Waals surface area contributed by atoms with Crippen LogP contribution in [0.2, 0.25) is 0 Å². The van der Waals surface area contributed by atoms with Gasteiger partial charge in [-0.1, -0.05) is 11.6 Å². The minimum Gasteiger partial charge on any atom is -0.478 e. The monoisotopic (exact) mass is 424 g/mol. The molecule has 1 aliphatic carbocycles. The molecule has 168 valence electrons. The van der Waals surface area contributed by atoms with E-state index in [1.165, 1.54) is 5.57 Å². The molecule has 0 radical (unpaired) electrons. The zero-order valence-corrected chi connectivity index (χ0v) is 17.5. The van der Waals surface area contributed by atoms with Gasteiger partial charge >= 0.3 is 17.9 Å². The van der Waals surface area contributed by atoms with E-state index < -0.39 is 11.9 Å². The zero-order valence-electron chi connectivity index (χ0n) is 17.5. The molecule has 2 fully saturated rings. The van der Waals surface area contributed by atoms with E-state index in [0.29, 0.717) is 25.2 Å². The molecule has 30 heavy (non-hydrogen) atoms. The van der Waals surface area contributed by atoms with Gasteiger partial charge in [-0.15, -0.1) is 0 Å². The largest absolute Gasteiger partial charge is 0.478 e. The van der Waals surface area contributed by atoms with Gasteiger partial charge in [0.25, 0.3) is 0 Å². The van der Waals surface area contributed by atoms with Gasteiger partial charge in [-0.3, -0.25) is 4.79 Å². The summed E-state index contributed by atoms with van der Waals surface area (Å²) in [5, 5.41) is 18.9. The normalized spacial score (nSPS) is 32.8. The summed E-state index contributed by atoms with van der Waals surface area (Å²) in [6.45, 7) is 6.31. The Balaban J connectivity index is 0.000000343. The maximum absolute atomic E-state index is 12.3. The summed E-state index contributed by atoms with van der Waals surface area (Å²) in [7, 11) is 0. The second kappa shape index (κ2) is 10.7. The predicted molar refractivity (Wildman–Crippen MR) is 109 cm³/mol. The molecular formula is C21H32N2O7. The number of carboxylic acid groups (broad SMARTS) is 2. The fourth-order valence-electron chi connectivity index (χ4n) is 4.07. The number of esters is 1. The number of fused-ring (bicyclic) bond motifs is 3. The van der Waals surface area contributed by atoms with Gasteiger partial charge in [0, 0.05) is 37.7 Å². The highest BCUT2D eigenvalue weighted by Crippen LogP contribution is 2.50. The van der Waals surface area contributed by atoms with Crippen LogP contribution in [-0.4, -0.2) is 65.6 Å². The molecule has 0 saturated carbocycles. The highest BCUT2D eigenvalue weighted by Gasteiger charge is 2.62. The molecule has 0 aromatic carbocycles. The Morgan fingerprint density at radius 3 is 2.60 bits per heavy atom. The minimum absolute atomic E-state index is 0.0711. The third-order valence-electron chi connectivity index (χ3n) is 5.79. The molecule has 2 heterocycles. The van der Waals surface area contributed by atoms with Gasteiger partial charge in [-0.2, -0.15) is 0 Å². The molecule has 0 amide bonds. The van der Waals surface area contributed by atoms with Crippen molar-refractivity contribution in [1.82, 2.24) is 5.32 Å². The first kappa shape index (κ1) is 24.0. The highest BCUT2D eigenvalue weighted by atomic mass is 16.6. The minimum atomic E-state index is -1.26. The lowest BCUT2D eigenvalue weighted by Gasteiger charge is -2.22. The maximum Gasteiger partial charge on any atom is 0.328 e. The number of hydrogen-bond acceptors (Lipinski definition) is 7. The molecule has 2 saturated heterocycles. The third kappa shape index (κ3) is 6.65. The lowest BCUT2D eigenvalue weighted by Crippen LogP contribution is -2.35. The number of ether oxygens (including phenoxy) is 2. The number of carbonyl (C=O) groups is 3. The summed E-state index contributed by atoms with van der Waals surface area (Å²) < 4.78 is 11.7. The van der Waals surface area contributed by atoms with E-state index in [2.05, 4.69) is 25.2 Å². The van der Waals surface area contributed by atoms with E-state index in [1.54, 1.807) is 0 Å². The van der Waals surface area contributed by atoms with E-state index >= 15 is 0 Å². The summed E-state index contributed by atoms with van der Waals surface area (Å²) in [4.78, 5) is 31.4. The molecule has 0 unspecified atom stereocenters. The van der Waals surface area contributed by atoms with E-state index in [-0.39, 0.29) is 35.6 Å². The molecule has 5 atom stereocenters. The smallest absolute Gasteiger partial charge is 0.328 e. The second-order valence-corrected chi connectivity index (χ2v) is 8.15.